The lowest BCUT2D eigenvalue weighted by molar-refractivity contribution is -0.135. The van der Waals surface area contributed by atoms with Crippen molar-refractivity contribution in [3.63, 3.8) is 0 Å². The summed E-state index contributed by atoms with van der Waals surface area (Å²) in [6.45, 7) is 1.75. The zero-order valence-electron chi connectivity index (χ0n) is 18.2. The highest BCUT2D eigenvalue weighted by Crippen LogP contribution is 2.40. The topological polar surface area (TPSA) is 88.0 Å². The number of hydrogen-bond donors (Lipinski definition) is 2. The summed E-state index contributed by atoms with van der Waals surface area (Å²) in [4.78, 5) is 24.8. The van der Waals surface area contributed by atoms with Gasteiger partial charge in [-0.3, -0.25) is 4.79 Å². The summed E-state index contributed by atoms with van der Waals surface area (Å²) < 4.78 is 4.68. The van der Waals surface area contributed by atoms with Gasteiger partial charge in [0.25, 0.3) is 0 Å². The first-order valence-corrected chi connectivity index (χ1v) is 11.6. The molecule has 0 bridgehead atoms. The van der Waals surface area contributed by atoms with Crippen LogP contribution >= 0.6 is 11.3 Å². The van der Waals surface area contributed by atoms with E-state index in [-0.39, 0.29) is 11.7 Å². The number of nitrogens with one attached hydrogen (secondary N) is 1. The molecule has 1 unspecified atom stereocenters. The second kappa shape index (κ2) is 9.53. The number of aryl methyl sites for hydroxylation is 2. The van der Waals surface area contributed by atoms with Crippen molar-refractivity contribution in [2.45, 2.75) is 39.0 Å². The molecule has 2 aromatic rings. The number of methoxy groups -OCH3 is 1. The first kappa shape index (κ1) is 22.0. The van der Waals surface area contributed by atoms with Crippen LogP contribution in [-0.2, 0) is 27.2 Å². The Morgan fingerprint density at radius 2 is 2.00 bits per heavy atom. The number of hydrazone groups is 1. The van der Waals surface area contributed by atoms with Crippen molar-refractivity contribution in [3.05, 3.63) is 64.1 Å². The van der Waals surface area contributed by atoms with E-state index >= 15 is 0 Å². The van der Waals surface area contributed by atoms with E-state index in [0.29, 0.717) is 23.3 Å². The molecular weight excluding hydrogens is 424 g/mol. The Morgan fingerprint density at radius 1 is 1.22 bits per heavy atom. The number of fused-ring (bicyclic) bond motifs is 1. The fraction of sp³-hybridized carbons (Fsp3) is 0.320. The summed E-state index contributed by atoms with van der Waals surface area (Å²) in [5, 5.41) is 16.9. The molecule has 1 aromatic heterocycles. The van der Waals surface area contributed by atoms with Gasteiger partial charge in [0.2, 0.25) is 5.91 Å². The lowest BCUT2D eigenvalue weighted by Gasteiger charge is -2.16. The van der Waals surface area contributed by atoms with Gasteiger partial charge in [0.1, 0.15) is 5.75 Å². The van der Waals surface area contributed by atoms with Crippen LogP contribution in [0.5, 0.6) is 5.75 Å². The fourth-order valence-corrected chi connectivity index (χ4v) is 5.06. The number of thiophene rings is 1. The summed E-state index contributed by atoms with van der Waals surface area (Å²) in [7, 11) is 1.32. The SMILES string of the molecule is COC(=O)C1=CCC(C(=O)N/N=C(\C)c2csc(-c3ccc4c(c3)CCCC4)c2O)C=C1. The maximum atomic E-state index is 12.5. The second-order valence-electron chi connectivity index (χ2n) is 8.04. The smallest absolute Gasteiger partial charge is 0.337 e. The monoisotopic (exact) mass is 450 g/mol. The number of rotatable bonds is 5. The molecule has 4 rings (SSSR count). The van der Waals surface area contributed by atoms with Crippen LogP contribution in [0.4, 0.5) is 0 Å². The molecule has 2 N–H and O–H groups in total. The maximum Gasteiger partial charge on any atom is 0.337 e. The van der Waals surface area contributed by atoms with Crippen molar-refractivity contribution in [2.24, 2.45) is 11.0 Å². The Morgan fingerprint density at radius 3 is 2.72 bits per heavy atom. The number of amides is 1. The van der Waals surface area contributed by atoms with Gasteiger partial charge in [0, 0.05) is 5.38 Å². The lowest BCUT2D eigenvalue weighted by atomic mass is 9.90. The molecule has 2 aliphatic rings. The molecule has 1 heterocycles. The third kappa shape index (κ3) is 4.53. The number of allylic oxidation sites excluding steroid dienone is 1. The predicted molar refractivity (Wildman–Crippen MR) is 126 cm³/mol. The minimum absolute atomic E-state index is 0.185. The van der Waals surface area contributed by atoms with E-state index in [4.69, 9.17) is 0 Å². The molecule has 0 saturated carbocycles. The average Bonchev–Trinajstić information content (AvgIpc) is 3.22. The Hall–Kier alpha value is -3.19. The predicted octanol–water partition coefficient (Wildman–Crippen LogP) is 4.52. The van der Waals surface area contributed by atoms with Crippen LogP contribution in [0.15, 0.2) is 52.5 Å². The van der Waals surface area contributed by atoms with Crippen LogP contribution in [0, 0.1) is 5.92 Å². The number of benzene rings is 1. The van der Waals surface area contributed by atoms with E-state index < -0.39 is 11.9 Å². The zero-order chi connectivity index (χ0) is 22.7. The summed E-state index contributed by atoms with van der Waals surface area (Å²) in [6.07, 6.45) is 9.99. The molecule has 166 valence electrons. The van der Waals surface area contributed by atoms with Crippen molar-refractivity contribution >= 4 is 28.9 Å². The molecule has 2 aliphatic carbocycles. The molecule has 1 aromatic carbocycles. The maximum absolute atomic E-state index is 12.5. The van der Waals surface area contributed by atoms with E-state index in [9.17, 15) is 14.7 Å². The third-order valence-corrected chi connectivity index (χ3v) is 6.98. The molecule has 1 amide bonds. The summed E-state index contributed by atoms with van der Waals surface area (Å²) >= 11 is 1.47. The minimum atomic E-state index is -0.420. The average molecular weight is 451 g/mol. The van der Waals surface area contributed by atoms with Crippen molar-refractivity contribution in [1.82, 2.24) is 5.43 Å². The summed E-state index contributed by atoms with van der Waals surface area (Å²) in [6, 6.07) is 6.42. The van der Waals surface area contributed by atoms with Crippen LogP contribution in [0.2, 0.25) is 0 Å². The molecule has 0 saturated heterocycles. The molecule has 0 radical (unpaired) electrons. The molecule has 0 spiro atoms. The number of carbonyl (C=O) groups excluding carboxylic acids is 2. The van der Waals surface area contributed by atoms with Gasteiger partial charge in [-0.15, -0.1) is 11.3 Å². The Bertz CT molecular complexity index is 1140. The van der Waals surface area contributed by atoms with E-state index in [1.165, 1.54) is 42.4 Å². The molecule has 7 heteroatoms. The van der Waals surface area contributed by atoms with Gasteiger partial charge in [-0.25, -0.2) is 10.2 Å². The van der Waals surface area contributed by atoms with Crippen molar-refractivity contribution in [1.29, 1.82) is 0 Å². The molecule has 6 nitrogen and oxygen atoms in total. The van der Waals surface area contributed by atoms with E-state index in [1.807, 2.05) is 5.38 Å². The molecule has 1 atom stereocenters. The van der Waals surface area contributed by atoms with Crippen LogP contribution in [-0.4, -0.2) is 29.8 Å². The number of carbonyl (C=O) groups is 2. The molecule has 0 fully saturated rings. The van der Waals surface area contributed by atoms with E-state index in [1.54, 1.807) is 25.2 Å². The fourth-order valence-electron chi connectivity index (χ4n) is 4.05. The highest BCUT2D eigenvalue weighted by atomic mass is 32.1. The number of hydrogen-bond acceptors (Lipinski definition) is 6. The standard InChI is InChI=1S/C25H26N2O4S/c1-15(26-27-24(29)17-8-10-18(11-9-17)25(30)31-2)21-14-32-23(22(21)28)20-12-7-16-5-3-4-6-19(16)13-20/h7-8,10-14,17,28H,3-6,9H2,1-2H3,(H,27,29)/b26-15+. The van der Waals surface area contributed by atoms with Crippen LogP contribution in [0.3, 0.4) is 0 Å². The van der Waals surface area contributed by atoms with E-state index in [2.05, 4.69) is 33.5 Å². The Balaban J connectivity index is 1.44. The number of esters is 1. The van der Waals surface area contributed by atoms with Gasteiger partial charge in [-0.05, 0) is 61.8 Å². The first-order chi connectivity index (χ1) is 15.5. The van der Waals surface area contributed by atoms with E-state index in [0.717, 1.165) is 23.3 Å². The normalized spacial score (nSPS) is 18.0. The van der Waals surface area contributed by atoms with Crippen molar-refractivity contribution in [2.75, 3.05) is 7.11 Å². The number of aromatic hydroxyl groups is 1. The van der Waals surface area contributed by atoms with Crippen LogP contribution in [0.25, 0.3) is 10.4 Å². The van der Waals surface area contributed by atoms with Crippen LogP contribution < -0.4 is 5.43 Å². The first-order valence-electron chi connectivity index (χ1n) is 10.7. The molecular formula is C25H26N2O4S. The quantitative estimate of drug-likeness (QED) is 0.398. The highest BCUT2D eigenvalue weighted by Gasteiger charge is 2.21. The molecule has 32 heavy (non-hydrogen) atoms. The van der Waals surface area contributed by atoms with Crippen molar-refractivity contribution < 1.29 is 19.4 Å². The van der Waals surface area contributed by atoms with Gasteiger partial charge in [0.15, 0.2) is 0 Å². The molecule has 0 aliphatic heterocycles. The lowest BCUT2D eigenvalue weighted by Crippen LogP contribution is -2.27. The number of nitrogens with zero attached hydrogens (tertiary/aromatic N) is 1. The number of ether oxygens (including phenoxy) is 1. The van der Waals surface area contributed by atoms with Gasteiger partial charge < -0.3 is 9.84 Å². The van der Waals surface area contributed by atoms with Gasteiger partial charge in [-0.1, -0.05) is 30.4 Å². The summed E-state index contributed by atoms with van der Waals surface area (Å²) in [5.41, 5.74) is 7.93. The van der Waals surface area contributed by atoms with Crippen LogP contribution in [0.1, 0.15) is 42.9 Å². The Labute approximate surface area is 191 Å². The minimum Gasteiger partial charge on any atom is -0.506 e. The van der Waals surface area contributed by atoms with Gasteiger partial charge >= 0.3 is 5.97 Å². The van der Waals surface area contributed by atoms with Gasteiger partial charge in [-0.2, -0.15) is 5.10 Å². The zero-order valence-corrected chi connectivity index (χ0v) is 19.0. The largest absolute Gasteiger partial charge is 0.506 e. The third-order valence-electron chi connectivity index (χ3n) is 5.96. The van der Waals surface area contributed by atoms with Crippen molar-refractivity contribution in [3.8, 4) is 16.2 Å². The summed E-state index contributed by atoms with van der Waals surface area (Å²) in [5.74, 6) is -0.923. The highest BCUT2D eigenvalue weighted by molar-refractivity contribution is 7.14. The van der Waals surface area contributed by atoms with Gasteiger partial charge in [0.05, 0.1) is 34.8 Å². The Kier molecular flexibility index (Phi) is 6.55. The second-order valence-corrected chi connectivity index (χ2v) is 8.92.